The van der Waals surface area contributed by atoms with Crippen LogP contribution in [0, 0.1) is 0 Å². The average Bonchev–Trinajstić information content (AvgIpc) is 2.75. The van der Waals surface area contributed by atoms with Gasteiger partial charge in [0.1, 0.15) is 0 Å². The van der Waals surface area contributed by atoms with Gasteiger partial charge in [0.05, 0.1) is 6.61 Å². The second-order valence-electron chi connectivity index (χ2n) is 3.87. The van der Waals surface area contributed by atoms with Crippen molar-refractivity contribution in [1.82, 2.24) is 4.98 Å². The number of thiazole rings is 1. The first-order valence-corrected chi connectivity index (χ1v) is 8.32. The van der Waals surface area contributed by atoms with Crippen LogP contribution in [-0.2, 0) is 15.5 Å². The van der Waals surface area contributed by atoms with Crippen LogP contribution in [-0.4, -0.2) is 39.8 Å². The van der Waals surface area contributed by atoms with Gasteiger partial charge in [-0.1, -0.05) is 0 Å². The van der Waals surface area contributed by atoms with Crippen LogP contribution in [0.2, 0.25) is 0 Å². The second-order valence-corrected chi connectivity index (χ2v) is 6.28. The summed E-state index contributed by atoms with van der Waals surface area (Å²) in [6, 6.07) is 0.176. The maximum atomic E-state index is 11.4. The van der Waals surface area contributed by atoms with E-state index in [1.807, 2.05) is 6.92 Å². The van der Waals surface area contributed by atoms with Crippen LogP contribution in [0.4, 0.5) is 5.13 Å². The minimum atomic E-state index is -0.780. The standard InChI is InChI=1S/C11H18N2O3S2/c1-4-16-10(14)9-7-17-11(13-9)12-8(2)5-6-18(3)15/h7-8H,4-6H2,1-3H3,(H,12,13). The smallest absolute Gasteiger partial charge is 0.357 e. The van der Waals surface area contributed by atoms with Crippen LogP contribution < -0.4 is 5.32 Å². The molecule has 0 amide bonds. The summed E-state index contributed by atoms with van der Waals surface area (Å²) in [5.74, 6) is 0.258. The van der Waals surface area contributed by atoms with E-state index in [9.17, 15) is 9.00 Å². The zero-order valence-corrected chi connectivity index (χ0v) is 12.4. The number of carbonyl (C=O) groups is 1. The molecule has 0 saturated carbocycles. The fraction of sp³-hybridized carbons (Fsp3) is 0.636. The zero-order chi connectivity index (χ0) is 13.5. The van der Waals surface area contributed by atoms with E-state index in [1.165, 1.54) is 11.3 Å². The van der Waals surface area contributed by atoms with Gasteiger partial charge in [-0.15, -0.1) is 11.3 Å². The Morgan fingerprint density at radius 1 is 1.67 bits per heavy atom. The number of carbonyl (C=O) groups excluding carboxylic acids is 1. The topological polar surface area (TPSA) is 68.3 Å². The lowest BCUT2D eigenvalue weighted by molar-refractivity contribution is 0.0520. The Hall–Kier alpha value is -0.950. The first kappa shape index (κ1) is 15.1. The van der Waals surface area contributed by atoms with Crippen molar-refractivity contribution in [3.05, 3.63) is 11.1 Å². The van der Waals surface area contributed by atoms with E-state index in [-0.39, 0.29) is 6.04 Å². The van der Waals surface area contributed by atoms with Gasteiger partial charge < -0.3 is 10.1 Å². The molecule has 1 aromatic rings. The molecule has 0 fully saturated rings. The monoisotopic (exact) mass is 290 g/mol. The molecule has 5 nitrogen and oxygen atoms in total. The Morgan fingerprint density at radius 3 is 3.00 bits per heavy atom. The molecule has 0 aliphatic rings. The maximum absolute atomic E-state index is 11.4. The number of nitrogens with one attached hydrogen (secondary N) is 1. The fourth-order valence-electron chi connectivity index (χ4n) is 1.26. The molecule has 0 saturated heterocycles. The van der Waals surface area contributed by atoms with Gasteiger partial charge in [-0.2, -0.15) is 0 Å². The molecular formula is C11H18N2O3S2. The molecular weight excluding hydrogens is 272 g/mol. The molecule has 7 heteroatoms. The highest BCUT2D eigenvalue weighted by molar-refractivity contribution is 7.84. The largest absolute Gasteiger partial charge is 0.461 e. The molecule has 2 atom stereocenters. The number of esters is 1. The normalized spacial score (nSPS) is 13.9. The lowest BCUT2D eigenvalue weighted by atomic mass is 10.3. The summed E-state index contributed by atoms with van der Waals surface area (Å²) in [4.78, 5) is 15.6. The summed E-state index contributed by atoms with van der Waals surface area (Å²) in [5.41, 5.74) is 0.329. The molecule has 0 spiro atoms. The second kappa shape index (κ2) is 7.48. The van der Waals surface area contributed by atoms with Gasteiger partial charge in [-0.3, -0.25) is 4.21 Å². The molecule has 1 N–H and O–H groups in total. The number of anilines is 1. The minimum Gasteiger partial charge on any atom is -0.461 e. The van der Waals surface area contributed by atoms with Crippen molar-refractivity contribution in [1.29, 1.82) is 0 Å². The summed E-state index contributed by atoms with van der Waals surface area (Å²) in [6.45, 7) is 4.10. The number of ether oxygens (including phenoxy) is 1. The van der Waals surface area contributed by atoms with Crippen LogP contribution >= 0.6 is 11.3 Å². The lowest BCUT2D eigenvalue weighted by Gasteiger charge is -2.11. The third kappa shape index (κ3) is 5.14. The summed E-state index contributed by atoms with van der Waals surface area (Å²) in [6.07, 6.45) is 2.49. The number of aromatic nitrogens is 1. The van der Waals surface area contributed by atoms with E-state index < -0.39 is 16.8 Å². The van der Waals surface area contributed by atoms with Crippen molar-refractivity contribution in [3.63, 3.8) is 0 Å². The number of nitrogens with zero attached hydrogens (tertiary/aromatic N) is 1. The zero-order valence-electron chi connectivity index (χ0n) is 10.8. The Kier molecular flexibility index (Phi) is 6.28. The summed E-state index contributed by atoms with van der Waals surface area (Å²) >= 11 is 1.37. The Balaban J connectivity index is 2.48. The molecule has 0 bridgehead atoms. The van der Waals surface area contributed by atoms with E-state index in [0.717, 1.165) is 6.42 Å². The average molecular weight is 290 g/mol. The van der Waals surface area contributed by atoms with E-state index in [1.54, 1.807) is 18.6 Å². The number of rotatable bonds is 7. The highest BCUT2D eigenvalue weighted by atomic mass is 32.2. The third-order valence-electron chi connectivity index (χ3n) is 2.20. The molecule has 1 aromatic heterocycles. The van der Waals surface area contributed by atoms with Gasteiger partial charge in [0.25, 0.3) is 0 Å². The molecule has 0 aliphatic carbocycles. The van der Waals surface area contributed by atoms with Crippen molar-refractivity contribution in [2.24, 2.45) is 0 Å². The van der Waals surface area contributed by atoms with Gasteiger partial charge in [0.15, 0.2) is 10.8 Å². The Bertz CT molecular complexity index is 420. The molecule has 0 aliphatic heterocycles. The molecule has 0 aromatic carbocycles. The molecule has 1 rings (SSSR count). The van der Waals surface area contributed by atoms with E-state index in [0.29, 0.717) is 23.2 Å². The van der Waals surface area contributed by atoms with Crippen molar-refractivity contribution in [3.8, 4) is 0 Å². The minimum absolute atomic E-state index is 0.176. The Labute approximate surface area is 113 Å². The van der Waals surface area contributed by atoms with Crippen molar-refractivity contribution < 1.29 is 13.7 Å². The molecule has 2 unspecified atom stereocenters. The molecule has 102 valence electrons. The SMILES string of the molecule is CCOC(=O)c1csc(NC(C)CCS(C)=O)n1. The first-order valence-electron chi connectivity index (χ1n) is 5.72. The van der Waals surface area contributed by atoms with Crippen LogP contribution in [0.5, 0.6) is 0 Å². The van der Waals surface area contributed by atoms with Gasteiger partial charge in [-0.25, -0.2) is 9.78 Å². The summed E-state index contributed by atoms with van der Waals surface area (Å²) in [5, 5.41) is 5.54. The molecule has 0 radical (unpaired) electrons. The predicted molar refractivity (Wildman–Crippen MR) is 74.7 cm³/mol. The van der Waals surface area contributed by atoms with Gasteiger partial charge in [0.2, 0.25) is 0 Å². The van der Waals surface area contributed by atoms with Crippen LogP contribution in [0.1, 0.15) is 30.8 Å². The predicted octanol–water partition coefficient (Wildman–Crippen LogP) is 1.89. The summed E-state index contributed by atoms with van der Waals surface area (Å²) in [7, 11) is -0.780. The number of hydrogen-bond acceptors (Lipinski definition) is 6. The summed E-state index contributed by atoms with van der Waals surface area (Å²) < 4.78 is 15.8. The van der Waals surface area contributed by atoms with Crippen LogP contribution in [0.3, 0.4) is 0 Å². The lowest BCUT2D eigenvalue weighted by Crippen LogP contribution is -2.18. The van der Waals surface area contributed by atoms with Crippen LogP contribution in [0.15, 0.2) is 5.38 Å². The highest BCUT2D eigenvalue weighted by Gasteiger charge is 2.12. The van der Waals surface area contributed by atoms with E-state index >= 15 is 0 Å². The maximum Gasteiger partial charge on any atom is 0.357 e. The van der Waals surface area contributed by atoms with Crippen LogP contribution in [0.25, 0.3) is 0 Å². The van der Waals surface area contributed by atoms with E-state index in [2.05, 4.69) is 10.3 Å². The van der Waals surface area contributed by atoms with Crippen molar-refractivity contribution in [2.45, 2.75) is 26.3 Å². The molecule has 1 heterocycles. The quantitative estimate of drug-likeness (QED) is 0.777. The van der Waals surface area contributed by atoms with Gasteiger partial charge in [0, 0.05) is 34.2 Å². The Morgan fingerprint density at radius 2 is 2.39 bits per heavy atom. The number of hydrogen-bond donors (Lipinski definition) is 1. The fourth-order valence-corrected chi connectivity index (χ4v) is 2.74. The molecule has 18 heavy (non-hydrogen) atoms. The van der Waals surface area contributed by atoms with Crippen molar-refractivity contribution >= 4 is 33.2 Å². The van der Waals surface area contributed by atoms with Gasteiger partial charge >= 0.3 is 5.97 Å². The first-order chi connectivity index (χ1) is 8.52. The van der Waals surface area contributed by atoms with Gasteiger partial charge in [-0.05, 0) is 20.3 Å². The van der Waals surface area contributed by atoms with E-state index in [4.69, 9.17) is 4.74 Å². The van der Waals surface area contributed by atoms with Crippen molar-refractivity contribution in [2.75, 3.05) is 23.9 Å². The third-order valence-corrected chi connectivity index (χ3v) is 3.78. The highest BCUT2D eigenvalue weighted by Crippen LogP contribution is 2.17.